The van der Waals surface area contributed by atoms with Crippen molar-refractivity contribution < 1.29 is 21.9 Å². The van der Waals surface area contributed by atoms with E-state index in [0.29, 0.717) is 6.54 Å². The fourth-order valence-corrected chi connectivity index (χ4v) is 2.77. The van der Waals surface area contributed by atoms with Crippen LogP contribution in [0.15, 0.2) is 29.2 Å². The monoisotopic (exact) mass is 318 g/mol. The minimum Gasteiger partial charge on any atom is -0.374 e. The molecule has 0 aliphatic rings. The van der Waals surface area contributed by atoms with E-state index in [4.69, 9.17) is 5.26 Å². The van der Waals surface area contributed by atoms with E-state index in [0.717, 1.165) is 0 Å². The number of alkyl halides is 2. The fourth-order valence-electron chi connectivity index (χ4n) is 1.53. The Morgan fingerprint density at radius 3 is 2.76 bits per heavy atom. The summed E-state index contributed by atoms with van der Waals surface area (Å²) in [6.07, 6.45) is -2.50. The first kappa shape index (κ1) is 17.5. The van der Waals surface area contributed by atoms with Crippen LogP contribution in [0.1, 0.15) is 5.56 Å². The predicted molar refractivity (Wildman–Crippen MR) is 72.9 cm³/mol. The van der Waals surface area contributed by atoms with Crippen molar-refractivity contribution in [2.24, 2.45) is 0 Å². The molecule has 0 saturated carbocycles. The van der Waals surface area contributed by atoms with Gasteiger partial charge < -0.3 is 10.1 Å². The van der Waals surface area contributed by atoms with E-state index >= 15 is 0 Å². The number of ether oxygens (including phenoxy) is 1. The molecule has 0 amide bonds. The van der Waals surface area contributed by atoms with Crippen LogP contribution in [0, 0.1) is 11.3 Å². The van der Waals surface area contributed by atoms with Gasteiger partial charge in [0, 0.05) is 13.1 Å². The van der Waals surface area contributed by atoms with Crippen LogP contribution >= 0.6 is 0 Å². The van der Waals surface area contributed by atoms with Gasteiger partial charge in [-0.3, -0.25) is 0 Å². The summed E-state index contributed by atoms with van der Waals surface area (Å²) in [5.41, 5.74) is 0.282. The summed E-state index contributed by atoms with van der Waals surface area (Å²) < 4.78 is 52.2. The highest BCUT2D eigenvalue weighted by molar-refractivity contribution is 7.91. The molecule has 0 radical (unpaired) electrons. The zero-order valence-corrected chi connectivity index (χ0v) is 12.1. The summed E-state index contributed by atoms with van der Waals surface area (Å²) in [6.45, 7) is -0.0626. The topological polar surface area (TPSA) is 79.2 Å². The molecule has 1 rings (SSSR count). The van der Waals surface area contributed by atoms with Crippen molar-refractivity contribution in [1.29, 1.82) is 5.26 Å². The quantitative estimate of drug-likeness (QED) is 0.692. The third-order valence-electron chi connectivity index (χ3n) is 2.54. The minimum absolute atomic E-state index is 0.0916. The van der Waals surface area contributed by atoms with E-state index in [2.05, 4.69) is 10.1 Å². The van der Waals surface area contributed by atoms with Crippen LogP contribution in [0.25, 0.3) is 0 Å². The zero-order valence-electron chi connectivity index (χ0n) is 11.3. The van der Waals surface area contributed by atoms with Crippen LogP contribution in [-0.2, 0) is 14.6 Å². The van der Waals surface area contributed by atoms with E-state index < -0.39 is 22.9 Å². The van der Waals surface area contributed by atoms with E-state index in [1.54, 1.807) is 0 Å². The van der Waals surface area contributed by atoms with Gasteiger partial charge in [0.05, 0.1) is 28.9 Å². The average Bonchev–Trinajstić information content (AvgIpc) is 2.46. The fraction of sp³-hybridized carbons (Fsp3) is 0.462. The van der Waals surface area contributed by atoms with Crippen LogP contribution in [0.3, 0.4) is 0 Å². The summed E-state index contributed by atoms with van der Waals surface area (Å²) >= 11 is 0. The van der Waals surface area contributed by atoms with Crippen molar-refractivity contribution in [2.45, 2.75) is 11.3 Å². The van der Waals surface area contributed by atoms with Crippen LogP contribution in [0.2, 0.25) is 0 Å². The van der Waals surface area contributed by atoms with Crippen molar-refractivity contribution in [2.75, 3.05) is 32.1 Å². The lowest BCUT2D eigenvalue weighted by Crippen LogP contribution is -2.27. The lowest BCUT2D eigenvalue weighted by molar-refractivity contribution is 0.0189. The van der Waals surface area contributed by atoms with Crippen LogP contribution in [0.5, 0.6) is 0 Å². The molecule has 0 fully saturated rings. The Hall–Kier alpha value is -1.56. The van der Waals surface area contributed by atoms with Gasteiger partial charge in [-0.2, -0.15) is 5.26 Å². The first-order chi connectivity index (χ1) is 9.95. The summed E-state index contributed by atoms with van der Waals surface area (Å²) in [5.74, 6) is -0.142. The summed E-state index contributed by atoms with van der Waals surface area (Å²) in [4.78, 5) is 0.0947. The molecule has 5 nitrogen and oxygen atoms in total. The van der Waals surface area contributed by atoms with Gasteiger partial charge in [-0.15, -0.1) is 0 Å². The number of nitriles is 1. The maximum atomic E-state index is 12.0. The van der Waals surface area contributed by atoms with Crippen molar-refractivity contribution in [3.63, 3.8) is 0 Å². The Morgan fingerprint density at radius 2 is 2.10 bits per heavy atom. The molecule has 0 bridgehead atoms. The molecule has 0 aliphatic heterocycles. The second kappa shape index (κ2) is 8.67. The maximum absolute atomic E-state index is 12.0. The molecule has 1 aromatic rings. The molecule has 0 saturated heterocycles. The first-order valence-electron chi connectivity index (χ1n) is 6.25. The lowest BCUT2D eigenvalue weighted by atomic mass is 10.2. The molecule has 1 N–H and O–H groups in total. The molecule has 0 aromatic heterocycles. The number of halogens is 2. The standard InChI is InChI=1S/C13H16F2N2O3S/c14-13(15)10-20-6-4-17-5-7-21(18,19)12-3-1-2-11(8-12)9-16/h1-3,8,13,17H,4-7,10H2. The number of nitrogens with one attached hydrogen (secondary N) is 1. The van der Waals surface area contributed by atoms with E-state index in [1.165, 1.54) is 24.3 Å². The lowest BCUT2D eigenvalue weighted by Gasteiger charge is -2.07. The molecule has 0 spiro atoms. The van der Waals surface area contributed by atoms with Crippen LogP contribution < -0.4 is 5.32 Å². The summed E-state index contributed by atoms with van der Waals surface area (Å²) in [5, 5.41) is 11.5. The van der Waals surface area contributed by atoms with Gasteiger partial charge in [-0.25, -0.2) is 17.2 Å². The number of benzene rings is 1. The predicted octanol–water partition coefficient (Wildman–Crippen LogP) is 1.20. The van der Waals surface area contributed by atoms with Gasteiger partial charge in [0.25, 0.3) is 6.43 Å². The molecular formula is C13H16F2N2O3S. The Morgan fingerprint density at radius 1 is 1.33 bits per heavy atom. The highest BCUT2D eigenvalue weighted by Gasteiger charge is 2.14. The number of nitrogens with zero attached hydrogens (tertiary/aromatic N) is 1. The van der Waals surface area contributed by atoms with Gasteiger partial charge in [0.15, 0.2) is 9.84 Å². The molecule has 0 aliphatic carbocycles. The van der Waals surface area contributed by atoms with Gasteiger partial charge >= 0.3 is 0 Å². The Balaban J connectivity index is 2.35. The minimum atomic E-state index is -3.47. The third kappa shape index (κ3) is 6.62. The van der Waals surface area contributed by atoms with Crippen molar-refractivity contribution in [1.82, 2.24) is 5.32 Å². The van der Waals surface area contributed by atoms with Gasteiger partial charge in [-0.05, 0) is 18.2 Å². The SMILES string of the molecule is N#Cc1cccc(S(=O)(=O)CCNCCOCC(F)F)c1. The normalized spacial score (nSPS) is 11.5. The molecule has 116 valence electrons. The molecular weight excluding hydrogens is 302 g/mol. The molecule has 0 unspecified atom stereocenters. The maximum Gasteiger partial charge on any atom is 0.261 e. The van der Waals surface area contributed by atoms with Crippen LogP contribution in [0.4, 0.5) is 8.78 Å². The van der Waals surface area contributed by atoms with Crippen LogP contribution in [-0.4, -0.2) is 46.9 Å². The molecule has 1 aromatic carbocycles. The van der Waals surface area contributed by atoms with E-state index in [-0.39, 0.29) is 29.4 Å². The molecule has 21 heavy (non-hydrogen) atoms. The second-order valence-electron chi connectivity index (χ2n) is 4.17. The Bertz CT molecular complexity index is 585. The summed E-state index contributed by atoms with van der Waals surface area (Å²) in [6, 6.07) is 7.67. The zero-order chi connectivity index (χ0) is 15.7. The number of rotatable bonds is 9. The smallest absolute Gasteiger partial charge is 0.261 e. The first-order valence-corrected chi connectivity index (χ1v) is 7.90. The van der Waals surface area contributed by atoms with E-state index in [9.17, 15) is 17.2 Å². The third-order valence-corrected chi connectivity index (χ3v) is 4.25. The molecule has 0 heterocycles. The number of hydrogen-bond donors (Lipinski definition) is 1. The Kier molecular flexibility index (Phi) is 7.22. The van der Waals surface area contributed by atoms with Gasteiger partial charge in [0.1, 0.15) is 6.61 Å². The summed E-state index contributed by atoms with van der Waals surface area (Å²) in [7, 11) is -3.47. The van der Waals surface area contributed by atoms with E-state index in [1.807, 2.05) is 6.07 Å². The van der Waals surface area contributed by atoms with Crippen molar-refractivity contribution in [3.05, 3.63) is 29.8 Å². The Labute approximate surface area is 122 Å². The highest BCUT2D eigenvalue weighted by atomic mass is 32.2. The highest BCUT2D eigenvalue weighted by Crippen LogP contribution is 2.12. The van der Waals surface area contributed by atoms with Crippen molar-refractivity contribution in [3.8, 4) is 6.07 Å². The largest absolute Gasteiger partial charge is 0.374 e. The number of sulfone groups is 1. The van der Waals surface area contributed by atoms with Crippen molar-refractivity contribution >= 4 is 9.84 Å². The van der Waals surface area contributed by atoms with Gasteiger partial charge in [-0.1, -0.05) is 6.07 Å². The molecule has 8 heteroatoms. The average molecular weight is 318 g/mol. The second-order valence-corrected chi connectivity index (χ2v) is 6.28. The number of hydrogen-bond acceptors (Lipinski definition) is 5. The molecule has 0 atom stereocenters. The van der Waals surface area contributed by atoms with Gasteiger partial charge in [0.2, 0.25) is 0 Å².